The third-order valence-electron chi connectivity index (χ3n) is 6.64. The molecule has 0 saturated carbocycles. The zero-order valence-corrected chi connectivity index (χ0v) is 26.9. The number of ether oxygens (including phenoxy) is 3. The van der Waals surface area contributed by atoms with Crippen molar-refractivity contribution in [3.63, 3.8) is 0 Å². The highest BCUT2D eigenvalue weighted by atomic mass is 31.2. The second-order valence-corrected chi connectivity index (χ2v) is 13.2. The molecule has 1 aromatic carbocycles. The summed E-state index contributed by atoms with van der Waals surface area (Å²) < 4.78 is 43.1. The number of aliphatic hydroxyl groups is 2. The Morgan fingerprint density at radius 3 is 2.33 bits per heavy atom. The molecule has 6 atom stereocenters. The van der Waals surface area contributed by atoms with Gasteiger partial charge in [-0.2, -0.15) is 5.09 Å². The van der Waals surface area contributed by atoms with Gasteiger partial charge in [0.1, 0.15) is 36.4 Å². The van der Waals surface area contributed by atoms with E-state index in [4.69, 9.17) is 29.0 Å². The summed E-state index contributed by atoms with van der Waals surface area (Å²) in [6.07, 6.45) is -3.45. The van der Waals surface area contributed by atoms with Gasteiger partial charge in [-0.15, -0.1) is 5.10 Å². The molecule has 1 saturated heterocycles. The molecular formula is C29H44N5O10P. The number of hydrogen-bond donors (Lipinski definition) is 4. The molecule has 2 heterocycles. The van der Waals surface area contributed by atoms with Crippen molar-refractivity contribution < 1.29 is 47.6 Å². The quantitative estimate of drug-likeness (QED) is 0.135. The van der Waals surface area contributed by atoms with Gasteiger partial charge >= 0.3 is 19.7 Å². The first-order valence-electron chi connectivity index (χ1n) is 14.7. The van der Waals surface area contributed by atoms with Crippen LogP contribution in [-0.4, -0.2) is 81.1 Å². The number of aliphatic hydroxyl groups excluding tert-OH is 2. The first kappa shape index (κ1) is 36.1. The summed E-state index contributed by atoms with van der Waals surface area (Å²) in [6.45, 7) is 11.1. The summed E-state index contributed by atoms with van der Waals surface area (Å²) in [5, 5.41) is 28.0. The number of esters is 2. The fourth-order valence-corrected chi connectivity index (χ4v) is 5.51. The van der Waals surface area contributed by atoms with Gasteiger partial charge in [0.25, 0.3) is 0 Å². The summed E-state index contributed by atoms with van der Waals surface area (Å²) in [5.74, 6) is -0.794. The maximum Gasteiger partial charge on any atom is 0.459 e. The summed E-state index contributed by atoms with van der Waals surface area (Å²) in [6, 6.07) is 6.55. The Kier molecular flexibility index (Phi) is 13.5. The molecule has 3 rings (SSSR count). The van der Waals surface area contributed by atoms with Crippen molar-refractivity contribution in [2.75, 3.05) is 19.8 Å². The molecule has 15 nitrogen and oxygen atoms in total. The van der Waals surface area contributed by atoms with Gasteiger partial charge in [-0.1, -0.05) is 52.5 Å². The highest BCUT2D eigenvalue weighted by Crippen LogP contribution is 2.46. The molecule has 45 heavy (non-hydrogen) atoms. The number of aromatic nitrogens is 3. The van der Waals surface area contributed by atoms with Crippen molar-refractivity contribution in [2.24, 2.45) is 17.6 Å². The maximum atomic E-state index is 14.2. The van der Waals surface area contributed by atoms with Crippen LogP contribution in [0, 0.1) is 11.8 Å². The summed E-state index contributed by atoms with van der Waals surface area (Å²) in [7, 11) is -4.49. The molecule has 0 aliphatic carbocycles. The van der Waals surface area contributed by atoms with Crippen molar-refractivity contribution in [1.82, 2.24) is 19.9 Å². The van der Waals surface area contributed by atoms with Gasteiger partial charge in [0.15, 0.2) is 12.1 Å². The lowest BCUT2D eigenvalue weighted by Gasteiger charge is -2.26. The van der Waals surface area contributed by atoms with Crippen LogP contribution in [0.1, 0.15) is 59.0 Å². The Morgan fingerprint density at radius 1 is 1.09 bits per heavy atom. The molecule has 1 aliphatic rings. The summed E-state index contributed by atoms with van der Waals surface area (Å²) in [4.78, 5) is 29.8. The highest BCUT2D eigenvalue weighted by Gasteiger charge is 2.46. The van der Waals surface area contributed by atoms with E-state index in [0.717, 1.165) is 4.68 Å². The highest BCUT2D eigenvalue weighted by molar-refractivity contribution is 7.52. The lowest BCUT2D eigenvalue weighted by Crippen LogP contribution is -2.41. The number of carbonyl (C=O) groups is 2. The smallest absolute Gasteiger partial charge is 0.459 e. The van der Waals surface area contributed by atoms with Crippen LogP contribution >= 0.6 is 7.75 Å². The van der Waals surface area contributed by atoms with Gasteiger partial charge in [-0.25, -0.2) is 14.2 Å². The number of nitrogens with one attached hydrogen (secondary N) is 1. The number of para-hydroxylation sites is 1. The van der Waals surface area contributed by atoms with Crippen LogP contribution in [0.5, 0.6) is 5.75 Å². The van der Waals surface area contributed by atoms with Crippen molar-refractivity contribution in [3.8, 4) is 5.75 Å². The maximum absolute atomic E-state index is 14.2. The lowest BCUT2D eigenvalue weighted by atomic mass is 10.1. The Balaban J connectivity index is 1.79. The third kappa shape index (κ3) is 11.2. The SMILES string of the molecule is C=C(N)c1ncn([C@@H]2O[C@H](COP(=O)(N[C@@H](CC(=O)OCCC(C)C)C(=O)OCCC(C)C)Oc3ccccc3)[C@@H](O)[C@H]2O)n1. The molecule has 1 fully saturated rings. The van der Waals surface area contributed by atoms with E-state index in [1.807, 2.05) is 27.7 Å². The fourth-order valence-electron chi connectivity index (χ4n) is 4.01. The number of benzene rings is 1. The standard InChI is InChI=1S/C29H44N5O10P/c1-18(2)11-13-40-24(35)15-22(29(38)41-14-12-19(3)4)33-45(39,44-21-9-7-6-8-10-21)42-16-23-25(36)26(37)28(43-23)34-17-31-27(32-34)20(5)30/h6-10,17-19,22-23,25-26,28,36-37H,5,11-16,30H2,1-4H3,(H,33,39)/t22-,23+,25+,26+,28+,45?/m0/s1. The van der Waals surface area contributed by atoms with Crippen LogP contribution < -0.4 is 15.3 Å². The first-order valence-corrected chi connectivity index (χ1v) is 16.3. The van der Waals surface area contributed by atoms with Crippen molar-refractivity contribution in [3.05, 3.63) is 49.1 Å². The van der Waals surface area contributed by atoms with E-state index in [0.29, 0.717) is 18.8 Å². The normalized spacial score (nSPS) is 21.8. The molecule has 0 spiro atoms. The Bertz CT molecular complexity index is 1310. The van der Waals surface area contributed by atoms with Crippen LogP contribution in [0.25, 0.3) is 5.70 Å². The van der Waals surface area contributed by atoms with E-state index in [2.05, 4.69) is 21.7 Å². The zero-order valence-electron chi connectivity index (χ0n) is 26.0. The van der Waals surface area contributed by atoms with E-state index < -0.39 is 63.3 Å². The number of hydrogen-bond acceptors (Lipinski definition) is 13. The molecule has 0 radical (unpaired) electrons. The van der Waals surface area contributed by atoms with Gasteiger partial charge < -0.3 is 34.7 Å². The largest absolute Gasteiger partial charge is 0.466 e. The van der Waals surface area contributed by atoms with Crippen LogP contribution in [-0.2, 0) is 32.9 Å². The van der Waals surface area contributed by atoms with Gasteiger partial charge in [-0.05, 0) is 36.8 Å². The number of carbonyl (C=O) groups excluding carboxylic acids is 2. The molecule has 1 aromatic heterocycles. The number of nitrogens with zero attached hydrogens (tertiary/aromatic N) is 3. The topological polar surface area (TPSA) is 207 Å². The van der Waals surface area contributed by atoms with Crippen LogP contribution in [0.4, 0.5) is 0 Å². The van der Waals surface area contributed by atoms with Gasteiger partial charge in [0.05, 0.1) is 31.9 Å². The van der Waals surface area contributed by atoms with Crippen molar-refractivity contribution >= 4 is 25.4 Å². The molecule has 0 amide bonds. The molecule has 2 aromatic rings. The van der Waals surface area contributed by atoms with E-state index in [9.17, 15) is 24.4 Å². The van der Waals surface area contributed by atoms with E-state index >= 15 is 0 Å². The third-order valence-corrected chi connectivity index (χ3v) is 8.21. The number of rotatable bonds is 18. The zero-order chi connectivity index (χ0) is 33.1. The molecule has 1 unspecified atom stereocenters. The number of nitrogens with two attached hydrogens (primary N) is 1. The minimum Gasteiger partial charge on any atom is -0.466 e. The van der Waals surface area contributed by atoms with Gasteiger partial charge in [-0.3, -0.25) is 14.1 Å². The summed E-state index contributed by atoms with van der Waals surface area (Å²) in [5.41, 5.74) is 5.71. The fraction of sp³-hybridized carbons (Fsp3) is 0.586. The molecule has 16 heteroatoms. The second-order valence-electron chi connectivity index (χ2n) is 11.5. The Hall–Kier alpha value is -3.33. The average molecular weight is 654 g/mol. The van der Waals surface area contributed by atoms with E-state index in [1.165, 1.54) is 18.5 Å². The van der Waals surface area contributed by atoms with Crippen molar-refractivity contribution in [2.45, 2.75) is 77.5 Å². The van der Waals surface area contributed by atoms with Crippen molar-refractivity contribution in [1.29, 1.82) is 0 Å². The second kappa shape index (κ2) is 16.8. The molecule has 1 aliphatic heterocycles. The van der Waals surface area contributed by atoms with Crippen LogP contribution in [0.15, 0.2) is 43.2 Å². The Labute approximate surface area is 262 Å². The first-order chi connectivity index (χ1) is 21.3. The molecule has 250 valence electrons. The van der Waals surface area contributed by atoms with Gasteiger partial charge in [0.2, 0.25) is 0 Å². The molecular weight excluding hydrogens is 609 g/mol. The van der Waals surface area contributed by atoms with E-state index in [1.54, 1.807) is 18.2 Å². The molecule has 0 bridgehead atoms. The lowest BCUT2D eigenvalue weighted by molar-refractivity contribution is -0.152. The minimum absolute atomic E-state index is 0.0741. The monoisotopic (exact) mass is 653 g/mol. The summed E-state index contributed by atoms with van der Waals surface area (Å²) >= 11 is 0. The van der Waals surface area contributed by atoms with Crippen LogP contribution in [0.2, 0.25) is 0 Å². The average Bonchev–Trinajstić information content (AvgIpc) is 3.57. The Morgan fingerprint density at radius 2 is 1.73 bits per heavy atom. The molecule has 5 N–H and O–H groups in total. The predicted octanol–water partition coefficient (Wildman–Crippen LogP) is 2.56. The predicted molar refractivity (Wildman–Crippen MR) is 162 cm³/mol. The van der Waals surface area contributed by atoms with E-state index in [-0.39, 0.29) is 36.4 Å². The van der Waals surface area contributed by atoms with Gasteiger partial charge in [0, 0.05) is 0 Å². The van der Waals surface area contributed by atoms with Crippen LogP contribution in [0.3, 0.4) is 0 Å². The minimum atomic E-state index is -4.49.